The second kappa shape index (κ2) is 8.95. The van der Waals surface area contributed by atoms with Crippen molar-refractivity contribution in [1.82, 2.24) is 5.43 Å². The van der Waals surface area contributed by atoms with Crippen molar-refractivity contribution in [2.75, 3.05) is 6.61 Å². The summed E-state index contributed by atoms with van der Waals surface area (Å²) in [6.45, 7) is 1.80. The quantitative estimate of drug-likeness (QED) is 0.404. The van der Waals surface area contributed by atoms with Crippen LogP contribution in [0.2, 0.25) is 0 Å². The standard InChI is InChI=1S/C17H16BrN3O5/c1-2-11-3-5-14(6-4-11)26-10-16(22)20-19-9-12-7-13(18)8-15(17(12)23)21(24)25/h3-9,23H,2,10H2,1H3,(H,20,22)/b19-9+. The lowest BCUT2D eigenvalue weighted by molar-refractivity contribution is -0.385. The number of amides is 1. The first kappa shape index (κ1) is 19.4. The van der Waals surface area contributed by atoms with Crippen LogP contribution >= 0.6 is 15.9 Å². The Kier molecular flexibility index (Phi) is 6.67. The van der Waals surface area contributed by atoms with E-state index in [1.54, 1.807) is 12.1 Å². The first-order valence-corrected chi connectivity index (χ1v) is 8.40. The second-order valence-electron chi connectivity index (χ2n) is 5.20. The molecule has 0 aliphatic carbocycles. The Bertz CT molecular complexity index is 837. The smallest absolute Gasteiger partial charge is 0.312 e. The molecular weight excluding hydrogens is 406 g/mol. The third-order valence-corrected chi connectivity index (χ3v) is 3.83. The van der Waals surface area contributed by atoms with Crippen molar-refractivity contribution in [1.29, 1.82) is 0 Å². The Balaban J connectivity index is 1.93. The SMILES string of the molecule is CCc1ccc(OCC(=O)N/N=C/c2cc(Br)cc([N+](=O)[O-])c2O)cc1. The fourth-order valence-electron chi connectivity index (χ4n) is 2.02. The highest BCUT2D eigenvalue weighted by molar-refractivity contribution is 9.10. The van der Waals surface area contributed by atoms with Gasteiger partial charge in [0.25, 0.3) is 5.91 Å². The van der Waals surface area contributed by atoms with Crippen LogP contribution < -0.4 is 10.2 Å². The van der Waals surface area contributed by atoms with E-state index in [1.165, 1.54) is 12.1 Å². The number of nitro groups is 1. The number of carbonyl (C=O) groups is 1. The number of aryl methyl sites for hydroxylation is 1. The predicted octanol–water partition coefficient (Wildman–Crippen LogP) is 3.15. The lowest BCUT2D eigenvalue weighted by Crippen LogP contribution is -2.24. The number of phenolic OH excluding ortho intramolecular Hbond substituents is 1. The molecule has 0 saturated carbocycles. The van der Waals surface area contributed by atoms with E-state index in [0.29, 0.717) is 10.2 Å². The molecule has 1 amide bonds. The molecule has 0 aliphatic heterocycles. The maximum atomic E-state index is 11.7. The summed E-state index contributed by atoms with van der Waals surface area (Å²) < 4.78 is 5.73. The number of hydrazone groups is 1. The molecule has 2 aromatic carbocycles. The van der Waals surface area contributed by atoms with Gasteiger partial charge in [0.05, 0.1) is 11.1 Å². The Morgan fingerprint density at radius 1 is 1.38 bits per heavy atom. The third-order valence-electron chi connectivity index (χ3n) is 3.38. The summed E-state index contributed by atoms with van der Waals surface area (Å²) in [5.74, 6) is -0.491. The minimum absolute atomic E-state index is 0.0856. The van der Waals surface area contributed by atoms with Gasteiger partial charge in [-0.05, 0) is 30.2 Å². The van der Waals surface area contributed by atoms with E-state index in [1.807, 2.05) is 19.1 Å². The average molecular weight is 422 g/mol. The average Bonchev–Trinajstić information content (AvgIpc) is 2.62. The van der Waals surface area contributed by atoms with Gasteiger partial charge in [-0.1, -0.05) is 35.0 Å². The maximum absolute atomic E-state index is 11.7. The first-order chi connectivity index (χ1) is 12.4. The van der Waals surface area contributed by atoms with Gasteiger partial charge >= 0.3 is 5.69 Å². The molecule has 0 heterocycles. The molecule has 26 heavy (non-hydrogen) atoms. The molecule has 2 aromatic rings. The van der Waals surface area contributed by atoms with Crippen LogP contribution in [0.25, 0.3) is 0 Å². The number of halogens is 1. The number of hydrogen-bond acceptors (Lipinski definition) is 6. The van der Waals surface area contributed by atoms with E-state index in [4.69, 9.17) is 4.74 Å². The van der Waals surface area contributed by atoms with E-state index in [-0.39, 0.29) is 12.2 Å². The lowest BCUT2D eigenvalue weighted by atomic mass is 10.2. The molecule has 0 atom stereocenters. The molecule has 0 fully saturated rings. The van der Waals surface area contributed by atoms with Crippen LogP contribution in [0.3, 0.4) is 0 Å². The number of hydrogen-bond donors (Lipinski definition) is 2. The number of carbonyl (C=O) groups excluding carboxylic acids is 1. The van der Waals surface area contributed by atoms with Gasteiger partial charge in [0.1, 0.15) is 5.75 Å². The molecule has 0 spiro atoms. The Hall–Kier alpha value is -2.94. The summed E-state index contributed by atoms with van der Waals surface area (Å²) in [6, 6.07) is 9.97. The van der Waals surface area contributed by atoms with Gasteiger partial charge in [0, 0.05) is 16.1 Å². The van der Waals surface area contributed by atoms with Crippen molar-refractivity contribution in [3.05, 3.63) is 62.1 Å². The van der Waals surface area contributed by atoms with Gasteiger partial charge in [-0.2, -0.15) is 5.10 Å². The van der Waals surface area contributed by atoms with Crippen LogP contribution in [-0.2, 0) is 11.2 Å². The number of rotatable bonds is 7. The van der Waals surface area contributed by atoms with Crippen LogP contribution in [0.4, 0.5) is 5.69 Å². The van der Waals surface area contributed by atoms with Crippen LogP contribution in [0, 0.1) is 10.1 Å². The van der Waals surface area contributed by atoms with Gasteiger partial charge in [0.2, 0.25) is 5.75 Å². The summed E-state index contributed by atoms with van der Waals surface area (Å²) in [5.41, 5.74) is 3.01. The topological polar surface area (TPSA) is 114 Å². The number of nitro benzene ring substituents is 1. The van der Waals surface area contributed by atoms with Gasteiger partial charge in [-0.25, -0.2) is 5.43 Å². The summed E-state index contributed by atoms with van der Waals surface area (Å²) in [7, 11) is 0. The molecule has 136 valence electrons. The van der Waals surface area contributed by atoms with Crippen LogP contribution in [0.5, 0.6) is 11.5 Å². The Morgan fingerprint density at radius 2 is 2.08 bits per heavy atom. The van der Waals surface area contributed by atoms with Crippen LogP contribution in [0.1, 0.15) is 18.1 Å². The maximum Gasteiger partial charge on any atom is 0.312 e. The van der Waals surface area contributed by atoms with Crippen molar-refractivity contribution in [3.8, 4) is 11.5 Å². The highest BCUT2D eigenvalue weighted by atomic mass is 79.9. The number of ether oxygens (including phenoxy) is 1. The lowest BCUT2D eigenvalue weighted by Gasteiger charge is -2.06. The van der Waals surface area contributed by atoms with Crippen molar-refractivity contribution in [3.63, 3.8) is 0 Å². The summed E-state index contributed by atoms with van der Waals surface area (Å²) in [5, 5.41) is 24.4. The van der Waals surface area contributed by atoms with E-state index >= 15 is 0 Å². The predicted molar refractivity (Wildman–Crippen MR) is 99.5 cm³/mol. The fraction of sp³-hybridized carbons (Fsp3) is 0.176. The van der Waals surface area contributed by atoms with Gasteiger partial charge in [-0.15, -0.1) is 0 Å². The number of benzene rings is 2. The molecule has 2 N–H and O–H groups in total. The monoisotopic (exact) mass is 421 g/mol. The molecule has 0 aliphatic rings. The highest BCUT2D eigenvalue weighted by Crippen LogP contribution is 2.32. The molecule has 9 heteroatoms. The van der Waals surface area contributed by atoms with E-state index in [2.05, 4.69) is 26.5 Å². The van der Waals surface area contributed by atoms with E-state index in [0.717, 1.165) is 18.2 Å². The van der Waals surface area contributed by atoms with Gasteiger partial charge < -0.3 is 9.84 Å². The normalized spacial score (nSPS) is 10.7. The fourth-order valence-corrected chi connectivity index (χ4v) is 2.48. The van der Waals surface area contributed by atoms with Crippen molar-refractivity contribution < 1.29 is 19.6 Å². The number of aromatic hydroxyl groups is 1. The number of phenols is 1. The van der Waals surface area contributed by atoms with Crippen molar-refractivity contribution in [2.24, 2.45) is 5.10 Å². The van der Waals surface area contributed by atoms with E-state index < -0.39 is 22.3 Å². The Labute approximate surface area is 157 Å². The largest absolute Gasteiger partial charge is 0.502 e. The zero-order valence-electron chi connectivity index (χ0n) is 13.8. The minimum Gasteiger partial charge on any atom is -0.502 e. The highest BCUT2D eigenvalue weighted by Gasteiger charge is 2.17. The molecule has 8 nitrogen and oxygen atoms in total. The summed E-state index contributed by atoms with van der Waals surface area (Å²) in [4.78, 5) is 21.9. The molecule has 0 bridgehead atoms. The molecular formula is C17H16BrN3O5. The van der Waals surface area contributed by atoms with Gasteiger partial charge in [0.15, 0.2) is 6.61 Å². The molecule has 0 saturated heterocycles. The first-order valence-electron chi connectivity index (χ1n) is 7.61. The van der Waals surface area contributed by atoms with Gasteiger partial charge in [-0.3, -0.25) is 14.9 Å². The van der Waals surface area contributed by atoms with Crippen molar-refractivity contribution in [2.45, 2.75) is 13.3 Å². The minimum atomic E-state index is -0.715. The summed E-state index contributed by atoms with van der Waals surface area (Å²) >= 11 is 3.11. The molecule has 2 rings (SSSR count). The molecule has 0 radical (unpaired) electrons. The van der Waals surface area contributed by atoms with Crippen LogP contribution in [0.15, 0.2) is 46.0 Å². The number of nitrogens with one attached hydrogen (secondary N) is 1. The summed E-state index contributed by atoms with van der Waals surface area (Å²) in [6.07, 6.45) is 2.02. The van der Waals surface area contributed by atoms with Crippen molar-refractivity contribution >= 4 is 33.7 Å². The van der Waals surface area contributed by atoms with E-state index in [9.17, 15) is 20.0 Å². The number of nitrogens with zero attached hydrogens (tertiary/aromatic N) is 2. The second-order valence-corrected chi connectivity index (χ2v) is 6.11. The zero-order valence-corrected chi connectivity index (χ0v) is 15.4. The van der Waals surface area contributed by atoms with Crippen LogP contribution in [-0.4, -0.2) is 28.8 Å². The zero-order chi connectivity index (χ0) is 19.1. The molecule has 0 aromatic heterocycles. The Morgan fingerprint density at radius 3 is 2.69 bits per heavy atom. The molecule has 0 unspecified atom stereocenters. The third kappa shape index (κ3) is 5.28.